The number of aryl methyl sites for hydroxylation is 2. The summed E-state index contributed by atoms with van der Waals surface area (Å²) in [4.78, 5) is 15.4. The summed E-state index contributed by atoms with van der Waals surface area (Å²) in [6.45, 7) is 6.48. The van der Waals surface area contributed by atoms with Gasteiger partial charge in [0.15, 0.2) is 0 Å². The molecule has 1 N–H and O–H groups in total. The van der Waals surface area contributed by atoms with Crippen LogP contribution in [0.3, 0.4) is 0 Å². The van der Waals surface area contributed by atoms with Crippen LogP contribution >= 0.6 is 0 Å². The Morgan fingerprint density at radius 3 is 2.51 bits per heavy atom. The summed E-state index contributed by atoms with van der Waals surface area (Å²) >= 11 is 0. The van der Waals surface area contributed by atoms with Crippen LogP contribution in [0.25, 0.3) is 22.4 Å². The Hall–Kier alpha value is -4.12. The van der Waals surface area contributed by atoms with Gasteiger partial charge in [-0.25, -0.2) is 0 Å². The molecule has 0 aliphatic carbocycles. The van der Waals surface area contributed by atoms with E-state index >= 15 is 0 Å². The van der Waals surface area contributed by atoms with Crippen LogP contribution in [-0.4, -0.2) is 63.8 Å². The molecular formula is C30H35F3N6O2. The van der Waals surface area contributed by atoms with Crippen LogP contribution in [0, 0.1) is 6.92 Å². The summed E-state index contributed by atoms with van der Waals surface area (Å²) < 4.78 is 47.3. The summed E-state index contributed by atoms with van der Waals surface area (Å²) in [7, 11) is 3.92. The van der Waals surface area contributed by atoms with Crippen molar-refractivity contribution in [3.05, 3.63) is 77.7 Å². The number of carbonyl (C=O) groups is 1. The number of ether oxygens (including phenoxy) is 1. The number of nitrogens with one attached hydrogen (secondary N) is 1. The minimum Gasteiger partial charge on any atom is -0.492 e. The number of hydrogen-bond donors (Lipinski definition) is 1. The fourth-order valence-corrected chi connectivity index (χ4v) is 4.33. The van der Waals surface area contributed by atoms with E-state index in [0.29, 0.717) is 35.6 Å². The van der Waals surface area contributed by atoms with Crippen molar-refractivity contribution in [2.24, 2.45) is 0 Å². The molecule has 0 saturated carbocycles. The molecule has 0 spiro atoms. The van der Waals surface area contributed by atoms with Crippen LogP contribution in [-0.2, 0) is 13.1 Å². The molecule has 0 aliphatic heterocycles. The average Bonchev–Trinajstić information content (AvgIpc) is 3.58. The monoisotopic (exact) mass is 568 g/mol. The average molecular weight is 569 g/mol. The zero-order valence-corrected chi connectivity index (χ0v) is 23.9. The molecule has 0 fully saturated rings. The Morgan fingerprint density at radius 2 is 1.83 bits per heavy atom. The van der Waals surface area contributed by atoms with E-state index in [0.717, 1.165) is 33.6 Å². The number of aromatic nitrogens is 4. The van der Waals surface area contributed by atoms with Crippen LogP contribution in [0.1, 0.15) is 41.4 Å². The lowest BCUT2D eigenvalue weighted by molar-refractivity contribution is -0.142. The number of likely N-dealkylation sites (N-methyl/N-ethyl adjacent to an activating group) is 1. The van der Waals surface area contributed by atoms with Gasteiger partial charge in [0.25, 0.3) is 5.91 Å². The number of halogens is 3. The second-order valence-corrected chi connectivity index (χ2v) is 10.3. The largest absolute Gasteiger partial charge is 0.492 e. The molecule has 0 unspecified atom stereocenters. The molecule has 4 aromatic rings. The van der Waals surface area contributed by atoms with Gasteiger partial charge in [0.05, 0.1) is 17.9 Å². The van der Waals surface area contributed by atoms with Crippen LogP contribution in [0.2, 0.25) is 0 Å². The van der Waals surface area contributed by atoms with Crippen molar-refractivity contribution >= 4 is 5.91 Å². The summed E-state index contributed by atoms with van der Waals surface area (Å²) in [6.07, 6.45) is 0.267. The van der Waals surface area contributed by atoms with Gasteiger partial charge in [-0.3, -0.25) is 14.2 Å². The van der Waals surface area contributed by atoms with Crippen molar-refractivity contribution < 1.29 is 22.7 Å². The van der Waals surface area contributed by atoms with Gasteiger partial charge in [-0.05, 0) is 88.0 Å². The number of rotatable bonds is 11. The van der Waals surface area contributed by atoms with Gasteiger partial charge < -0.3 is 15.0 Å². The normalized spacial score (nSPS) is 12.5. The van der Waals surface area contributed by atoms with Gasteiger partial charge >= 0.3 is 6.18 Å². The number of hydrogen-bond acceptors (Lipinski definition) is 5. The minimum absolute atomic E-state index is 0.256. The molecule has 8 nitrogen and oxygen atoms in total. The van der Waals surface area contributed by atoms with Crippen molar-refractivity contribution in [3.63, 3.8) is 0 Å². The molecule has 218 valence electrons. The molecule has 41 heavy (non-hydrogen) atoms. The number of carbonyl (C=O) groups excluding carboxylic acids is 1. The molecule has 1 amide bonds. The van der Waals surface area contributed by atoms with Crippen LogP contribution in [0.5, 0.6) is 5.75 Å². The SMILES string of the molecule is CCn1ccc(-c2cc(-c3cnn(CC(F)(F)F)c3)cc([C@@H](C)NC(=O)c3cc(OCCN(C)C)ccc3C)c2)n1. The van der Waals surface area contributed by atoms with E-state index in [4.69, 9.17) is 4.74 Å². The molecule has 0 radical (unpaired) electrons. The Morgan fingerprint density at radius 1 is 1.07 bits per heavy atom. The van der Waals surface area contributed by atoms with Crippen molar-refractivity contribution in [2.45, 2.75) is 46.1 Å². The lowest BCUT2D eigenvalue weighted by atomic mass is 9.96. The maximum atomic E-state index is 13.4. The minimum atomic E-state index is -4.38. The van der Waals surface area contributed by atoms with Gasteiger partial charge in [0, 0.05) is 42.2 Å². The third-order valence-corrected chi connectivity index (χ3v) is 6.63. The molecule has 11 heteroatoms. The molecule has 0 aliphatic rings. The second kappa shape index (κ2) is 12.6. The highest BCUT2D eigenvalue weighted by atomic mass is 19.4. The zero-order valence-electron chi connectivity index (χ0n) is 23.9. The van der Waals surface area contributed by atoms with Crippen LogP contribution in [0.15, 0.2) is 61.1 Å². The fourth-order valence-electron chi connectivity index (χ4n) is 4.33. The predicted molar refractivity (Wildman–Crippen MR) is 152 cm³/mol. The first kappa shape index (κ1) is 29.9. The maximum Gasteiger partial charge on any atom is 0.408 e. The van der Waals surface area contributed by atoms with Crippen molar-refractivity contribution in [2.75, 3.05) is 27.2 Å². The Bertz CT molecular complexity index is 1490. The third-order valence-electron chi connectivity index (χ3n) is 6.63. The van der Waals surface area contributed by atoms with Gasteiger partial charge in [0.2, 0.25) is 0 Å². The standard InChI is InChI=1S/C30H35F3N6O2/c1-6-38-10-9-28(36-38)24-14-22(13-23(15-24)25-17-34-39(18-25)19-30(31,32)33)21(3)35-29(40)27-16-26(8-7-20(27)2)41-12-11-37(4)5/h7-10,13-18,21H,6,11-12,19H2,1-5H3,(H,35,40)/t21-/m1/s1. The lowest BCUT2D eigenvalue weighted by Gasteiger charge is -2.18. The summed E-state index contributed by atoms with van der Waals surface area (Å²) in [6, 6.07) is 12.6. The van der Waals surface area contributed by atoms with Gasteiger partial charge in [-0.1, -0.05) is 6.07 Å². The maximum absolute atomic E-state index is 13.4. The van der Waals surface area contributed by atoms with Gasteiger partial charge in [-0.15, -0.1) is 0 Å². The van der Waals surface area contributed by atoms with Crippen LogP contribution in [0.4, 0.5) is 13.2 Å². The second-order valence-electron chi connectivity index (χ2n) is 10.3. The van der Waals surface area contributed by atoms with Crippen LogP contribution < -0.4 is 10.1 Å². The molecule has 1 atom stereocenters. The van der Waals surface area contributed by atoms with E-state index < -0.39 is 18.8 Å². The molecule has 4 rings (SSSR count). The first-order valence-corrected chi connectivity index (χ1v) is 13.4. The first-order valence-electron chi connectivity index (χ1n) is 13.4. The van der Waals surface area contributed by atoms with E-state index in [9.17, 15) is 18.0 Å². The highest BCUT2D eigenvalue weighted by molar-refractivity contribution is 5.96. The highest BCUT2D eigenvalue weighted by Crippen LogP contribution is 2.31. The van der Waals surface area contributed by atoms with Crippen molar-refractivity contribution in [1.82, 2.24) is 29.8 Å². The highest BCUT2D eigenvalue weighted by Gasteiger charge is 2.28. The number of amides is 1. The van der Waals surface area contributed by atoms with Gasteiger partial charge in [0.1, 0.15) is 18.9 Å². The third kappa shape index (κ3) is 7.97. The molecule has 0 saturated heterocycles. The van der Waals surface area contributed by atoms with E-state index in [1.54, 1.807) is 10.7 Å². The Balaban J connectivity index is 1.62. The molecule has 0 bridgehead atoms. The zero-order chi connectivity index (χ0) is 29.7. The number of alkyl halides is 3. The predicted octanol–water partition coefficient (Wildman–Crippen LogP) is 5.74. The summed E-state index contributed by atoms with van der Waals surface area (Å²) in [5, 5.41) is 11.6. The topological polar surface area (TPSA) is 77.2 Å². The quantitative estimate of drug-likeness (QED) is 0.250. The number of nitrogens with zero attached hydrogens (tertiary/aromatic N) is 5. The van der Waals surface area contributed by atoms with E-state index in [-0.39, 0.29) is 5.91 Å². The Labute approximate surface area is 237 Å². The molecular weight excluding hydrogens is 533 g/mol. The van der Waals surface area contributed by atoms with Crippen molar-refractivity contribution in [1.29, 1.82) is 0 Å². The first-order chi connectivity index (χ1) is 19.4. The van der Waals surface area contributed by atoms with E-state index in [1.165, 1.54) is 12.4 Å². The lowest BCUT2D eigenvalue weighted by Crippen LogP contribution is -2.27. The van der Waals surface area contributed by atoms with E-state index in [2.05, 4.69) is 15.5 Å². The summed E-state index contributed by atoms with van der Waals surface area (Å²) in [5.41, 5.74) is 4.79. The molecule has 2 aromatic carbocycles. The molecule has 2 heterocycles. The Kier molecular flexibility index (Phi) is 9.17. The van der Waals surface area contributed by atoms with Crippen molar-refractivity contribution in [3.8, 4) is 28.1 Å². The summed E-state index contributed by atoms with van der Waals surface area (Å²) in [5.74, 6) is 0.357. The smallest absolute Gasteiger partial charge is 0.408 e. The number of benzene rings is 2. The molecule has 2 aromatic heterocycles. The van der Waals surface area contributed by atoms with E-state index in [1.807, 2.05) is 82.4 Å². The fraction of sp³-hybridized carbons (Fsp3) is 0.367. The van der Waals surface area contributed by atoms with Gasteiger partial charge in [-0.2, -0.15) is 23.4 Å².